The first kappa shape index (κ1) is 13.0. The predicted octanol–water partition coefficient (Wildman–Crippen LogP) is 3.69. The molecule has 0 fully saturated rings. The third kappa shape index (κ3) is 3.29. The van der Waals surface area contributed by atoms with Crippen molar-refractivity contribution in [1.82, 2.24) is 0 Å². The summed E-state index contributed by atoms with van der Waals surface area (Å²) in [5.74, 6) is -0.291. The molecule has 0 aromatic heterocycles. The van der Waals surface area contributed by atoms with Crippen LogP contribution in [-0.2, 0) is 0 Å². The fourth-order valence-corrected chi connectivity index (χ4v) is 1.80. The van der Waals surface area contributed by atoms with Gasteiger partial charge in [-0.25, -0.2) is 4.39 Å². The second-order valence-corrected chi connectivity index (χ2v) is 4.89. The normalized spacial score (nSPS) is 10.1. The van der Waals surface area contributed by atoms with E-state index in [2.05, 4.69) is 22.6 Å². The van der Waals surface area contributed by atoms with Crippen LogP contribution in [0, 0.1) is 9.39 Å². The molecule has 0 amide bonds. The van der Waals surface area contributed by atoms with Gasteiger partial charge >= 0.3 is 0 Å². The topological polar surface area (TPSA) is 26.3 Å². The highest BCUT2D eigenvalue weighted by atomic mass is 127. The summed E-state index contributed by atoms with van der Waals surface area (Å²) in [5, 5.41) is 0. The largest absolute Gasteiger partial charge is 0.485 e. The number of rotatable bonds is 4. The molecule has 0 saturated heterocycles. The monoisotopic (exact) mass is 356 g/mol. The van der Waals surface area contributed by atoms with Gasteiger partial charge in [-0.15, -0.1) is 0 Å². The number of Topliss-reactive ketones (excluding diaryl/α,β-unsaturated/α-hetero) is 1. The second kappa shape index (κ2) is 5.95. The summed E-state index contributed by atoms with van der Waals surface area (Å²) in [6.45, 7) is -0.165. The number of carbonyl (C=O) groups is 1. The highest BCUT2D eigenvalue weighted by molar-refractivity contribution is 14.1. The average Bonchev–Trinajstić information content (AvgIpc) is 2.38. The Labute approximate surface area is 118 Å². The Bertz CT molecular complexity index is 552. The van der Waals surface area contributed by atoms with E-state index in [1.54, 1.807) is 24.3 Å². The lowest BCUT2D eigenvalue weighted by molar-refractivity contribution is 0.0917. The van der Waals surface area contributed by atoms with Gasteiger partial charge in [0.25, 0.3) is 0 Å². The van der Waals surface area contributed by atoms with Crippen molar-refractivity contribution in [2.24, 2.45) is 0 Å². The first-order valence-electron chi connectivity index (χ1n) is 5.33. The van der Waals surface area contributed by atoms with Crippen LogP contribution in [0.1, 0.15) is 10.4 Å². The Balaban J connectivity index is 2.01. The van der Waals surface area contributed by atoms with Gasteiger partial charge in [0.05, 0.1) is 5.56 Å². The molecule has 2 nitrogen and oxygen atoms in total. The molecule has 0 radical (unpaired) electrons. The molecule has 0 atom stereocenters. The third-order valence-corrected chi connectivity index (χ3v) is 3.08. The molecular weight excluding hydrogens is 346 g/mol. The number of ether oxygens (including phenoxy) is 1. The van der Waals surface area contributed by atoms with Gasteiger partial charge in [-0.3, -0.25) is 4.79 Å². The van der Waals surface area contributed by atoms with Gasteiger partial charge in [0.2, 0.25) is 5.78 Å². The Morgan fingerprint density at radius 3 is 2.44 bits per heavy atom. The van der Waals surface area contributed by atoms with Gasteiger partial charge in [0.1, 0.15) is 11.6 Å². The van der Waals surface area contributed by atoms with E-state index in [4.69, 9.17) is 4.74 Å². The van der Waals surface area contributed by atoms with Crippen molar-refractivity contribution >= 4 is 28.4 Å². The smallest absolute Gasteiger partial charge is 0.203 e. The minimum Gasteiger partial charge on any atom is -0.485 e. The lowest BCUT2D eigenvalue weighted by Crippen LogP contribution is -2.13. The molecule has 0 aliphatic rings. The molecule has 0 spiro atoms. The van der Waals surface area contributed by atoms with Gasteiger partial charge in [-0.1, -0.05) is 12.1 Å². The van der Waals surface area contributed by atoms with Crippen LogP contribution in [0.4, 0.5) is 4.39 Å². The molecule has 0 saturated carbocycles. The van der Waals surface area contributed by atoms with Crippen molar-refractivity contribution in [2.45, 2.75) is 0 Å². The van der Waals surface area contributed by atoms with Crippen LogP contribution in [0.5, 0.6) is 5.75 Å². The molecule has 2 aromatic carbocycles. The Kier molecular flexibility index (Phi) is 4.30. The van der Waals surface area contributed by atoms with Gasteiger partial charge < -0.3 is 4.74 Å². The first-order valence-corrected chi connectivity index (χ1v) is 6.41. The lowest BCUT2D eigenvalue weighted by Gasteiger charge is -2.06. The van der Waals surface area contributed by atoms with E-state index in [1.165, 1.54) is 12.1 Å². The number of benzene rings is 2. The van der Waals surface area contributed by atoms with Crippen LogP contribution in [0.25, 0.3) is 0 Å². The molecule has 0 unspecified atom stereocenters. The van der Waals surface area contributed by atoms with Gasteiger partial charge in [-0.05, 0) is 59.0 Å². The van der Waals surface area contributed by atoms with E-state index in [0.717, 1.165) is 3.57 Å². The molecule has 2 aromatic rings. The average molecular weight is 356 g/mol. The van der Waals surface area contributed by atoms with E-state index < -0.39 is 5.82 Å². The van der Waals surface area contributed by atoms with Crippen molar-refractivity contribution < 1.29 is 13.9 Å². The third-order valence-electron chi connectivity index (χ3n) is 2.36. The number of ketones is 1. The lowest BCUT2D eigenvalue weighted by atomic mass is 10.1. The maximum absolute atomic E-state index is 13.3. The Hall–Kier alpha value is -1.43. The zero-order valence-electron chi connectivity index (χ0n) is 9.40. The molecule has 92 valence electrons. The summed E-state index contributed by atoms with van der Waals surface area (Å²) >= 11 is 2.18. The van der Waals surface area contributed by atoms with Crippen molar-refractivity contribution in [2.75, 3.05) is 6.61 Å². The van der Waals surface area contributed by atoms with Crippen LogP contribution < -0.4 is 4.74 Å². The van der Waals surface area contributed by atoms with E-state index in [1.807, 2.05) is 12.1 Å². The second-order valence-electron chi connectivity index (χ2n) is 3.65. The predicted molar refractivity (Wildman–Crippen MR) is 75.4 cm³/mol. The van der Waals surface area contributed by atoms with E-state index in [9.17, 15) is 9.18 Å². The zero-order chi connectivity index (χ0) is 13.0. The summed E-state index contributed by atoms with van der Waals surface area (Å²) in [4.78, 5) is 11.7. The summed E-state index contributed by atoms with van der Waals surface area (Å²) in [5.41, 5.74) is 0.0583. The van der Waals surface area contributed by atoms with E-state index >= 15 is 0 Å². The summed E-state index contributed by atoms with van der Waals surface area (Å²) in [6, 6.07) is 13.2. The van der Waals surface area contributed by atoms with E-state index in [-0.39, 0.29) is 18.0 Å². The Morgan fingerprint density at radius 1 is 1.11 bits per heavy atom. The summed E-state index contributed by atoms with van der Waals surface area (Å²) < 4.78 is 19.7. The standard InChI is InChI=1S/C14H10FIO2/c15-13-4-2-1-3-12(13)14(17)9-18-11-7-5-10(16)6-8-11/h1-8H,9H2. The fraction of sp³-hybridized carbons (Fsp3) is 0.0714. The van der Waals surface area contributed by atoms with Crippen molar-refractivity contribution in [1.29, 1.82) is 0 Å². The van der Waals surface area contributed by atoms with Crippen molar-refractivity contribution in [3.8, 4) is 5.75 Å². The molecule has 0 N–H and O–H groups in total. The SMILES string of the molecule is O=C(COc1ccc(I)cc1)c1ccccc1F. The highest BCUT2D eigenvalue weighted by Gasteiger charge is 2.11. The fourth-order valence-electron chi connectivity index (χ4n) is 1.44. The van der Waals surface area contributed by atoms with Crippen LogP contribution in [0.3, 0.4) is 0 Å². The molecule has 18 heavy (non-hydrogen) atoms. The highest BCUT2D eigenvalue weighted by Crippen LogP contribution is 2.14. The van der Waals surface area contributed by atoms with Crippen LogP contribution in [-0.4, -0.2) is 12.4 Å². The van der Waals surface area contributed by atoms with Gasteiger partial charge in [0, 0.05) is 3.57 Å². The minimum atomic E-state index is -0.520. The zero-order valence-corrected chi connectivity index (χ0v) is 11.6. The molecule has 0 bridgehead atoms. The number of hydrogen-bond donors (Lipinski definition) is 0. The van der Waals surface area contributed by atoms with E-state index in [0.29, 0.717) is 5.75 Å². The molecule has 0 heterocycles. The maximum atomic E-state index is 13.3. The summed E-state index contributed by atoms with van der Waals surface area (Å²) in [6.07, 6.45) is 0. The number of hydrogen-bond acceptors (Lipinski definition) is 2. The summed E-state index contributed by atoms with van der Waals surface area (Å²) in [7, 11) is 0. The number of carbonyl (C=O) groups excluding carboxylic acids is 1. The number of halogens is 2. The van der Waals surface area contributed by atoms with Crippen molar-refractivity contribution in [3.05, 3.63) is 63.5 Å². The molecular formula is C14H10FIO2. The maximum Gasteiger partial charge on any atom is 0.203 e. The van der Waals surface area contributed by atoms with Gasteiger partial charge in [-0.2, -0.15) is 0 Å². The van der Waals surface area contributed by atoms with Crippen LogP contribution in [0.2, 0.25) is 0 Å². The minimum absolute atomic E-state index is 0.0583. The van der Waals surface area contributed by atoms with Gasteiger partial charge in [0.15, 0.2) is 6.61 Å². The Morgan fingerprint density at radius 2 is 1.78 bits per heavy atom. The molecule has 4 heteroatoms. The first-order chi connectivity index (χ1) is 8.66. The quantitative estimate of drug-likeness (QED) is 0.617. The molecule has 0 aliphatic heterocycles. The van der Waals surface area contributed by atoms with Crippen LogP contribution >= 0.6 is 22.6 Å². The van der Waals surface area contributed by atoms with Crippen molar-refractivity contribution in [3.63, 3.8) is 0 Å². The molecule has 0 aliphatic carbocycles. The molecule has 2 rings (SSSR count). The van der Waals surface area contributed by atoms with Crippen LogP contribution in [0.15, 0.2) is 48.5 Å².